The number of amides is 12. The molecule has 15 atom stereocenters. The fraction of sp³-hybridized carbons (Fsp3) is 0.594. The summed E-state index contributed by atoms with van der Waals surface area (Å²) in [6.45, 7) is 14.8. The molecule has 0 bridgehead atoms. The van der Waals surface area contributed by atoms with E-state index >= 15 is 19.2 Å². The standard InChI is InChI=1S/C65H102N16O20S.2C2HF3O2/c1-12-35(10)45-59(92)78-46(36(11)82)58(91)71-29-44(83)76-48(51(85)53(67)86)61(94)75-43(30-100-65(97)81-102(98,99)38-22-17-14-18-23-38)63(96)101-52(37-20-15-13-16-21-37)49(80-57(90)42(28-33(6)7)73-54(87)39(66)26-31(2)3)62(95)79-47(50(84)34(8)9)60(93)74-41(27-32(4)5)56(89)72-40(55(88)77-45)24-19-25-70-64(68)69;2*3-2(4,5)1(6)7/h13-18,20-23,31-36,39-43,45-52,82,84-85H,12,19,24-30,66H2,1-11H3,(H2,67,86)(H,71,91)(H,72,89)(H,73,87)(H,74,93)(H,75,94)(H,76,83)(H,77,88)(H,78,92)(H,79,95)(H,80,90)(H,81,97)(H4,68,69,70);2*(H,6,7)/t35-,36-,39+,40+,41-,42-,43-,45-,46-,47-,48-,49-,50+,51-,52+;;/m0../s1. The summed E-state index contributed by atoms with van der Waals surface area (Å²) in [6.07, 6.45) is -20.8. The van der Waals surface area contributed by atoms with Crippen LogP contribution < -0.4 is 80.8 Å². The van der Waals surface area contributed by atoms with Gasteiger partial charge in [-0.3, -0.25) is 57.7 Å². The van der Waals surface area contributed by atoms with E-state index in [2.05, 4.69) is 47.5 Å². The van der Waals surface area contributed by atoms with Gasteiger partial charge < -0.3 is 111 Å². The minimum absolute atomic E-state index is 0.0115. The topological polar surface area (TPSA) is 659 Å². The van der Waals surface area contributed by atoms with Crippen LogP contribution in [-0.2, 0) is 86.6 Å². The molecule has 1 heterocycles. The molecule has 0 radical (unpaired) electrons. The van der Waals surface area contributed by atoms with Gasteiger partial charge in [0.25, 0.3) is 10.0 Å². The van der Waals surface area contributed by atoms with Crippen molar-refractivity contribution in [3.63, 3.8) is 0 Å². The number of esters is 1. The maximum Gasteiger partial charge on any atom is 0.490 e. The van der Waals surface area contributed by atoms with Crippen LogP contribution in [0.15, 0.2) is 70.6 Å². The van der Waals surface area contributed by atoms with Gasteiger partial charge in [-0.1, -0.05) is 124 Å². The number of carbonyl (C=O) groups excluding carboxylic acids is 13. The number of aliphatic imine (C=N–C) groups is 1. The summed E-state index contributed by atoms with van der Waals surface area (Å²) in [5, 5.41) is 72.0. The number of hydrogen-bond acceptors (Lipinski definition) is 24. The van der Waals surface area contributed by atoms with Gasteiger partial charge in [-0.2, -0.15) is 26.3 Å². The molecule has 2 aromatic rings. The first kappa shape index (κ1) is 103. The van der Waals surface area contributed by atoms with Crippen molar-refractivity contribution in [2.45, 2.75) is 217 Å². The number of sulfonamides is 1. The summed E-state index contributed by atoms with van der Waals surface area (Å²) in [7, 11) is -4.74. The fourth-order valence-electron chi connectivity index (χ4n) is 10.2. The average molecular weight is 1690 g/mol. The van der Waals surface area contributed by atoms with E-state index in [1.165, 1.54) is 62.4 Å². The highest BCUT2D eigenvalue weighted by Gasteiger charge is 2.45. The third-order valence-electron chi connectivity index (χ3n) is 16.4. The summed E-state index contributed by atoms with van der Waals surface area (Å²) in [5.41, 5.74) is 22.6. The lowest BCUT2D eigenvalue weighted by Crippen LogP contribution is -2.64. The summed E-state index contributed by atoms with van der Waals surface area (Å²) in [5.74, 6) is -24.1. The van der Waals surface area contributed by atoms with Crippen molar-refractivity contribution in [2.75, 3.05) is 19.7 Å². The lowest BCUT2D eigenvalue weighted by molar-refractivity contribution is -0.193. The number of guanidine groups is 1. The number of nitrogens with two attached hydrogens (primary N) is 4. The van der Waals surface area contributed by atoms with Crippen molar-refractivity contribution >= 4 is 105 Å². The van der Waals surface area contributed by atoms with Crippen LogP contribution >= 0.6 is 0 Å². The van der Waals surface area contributed by atoms with E-state index in [-0.39, 0.29) is 62.5 Å². The Hall–Kier alpha value is -11.1. The first-order valence-electron chi connectivity index (χ1n) is 35.8. The molecule has 1 aliphatic heterocycles. The molecule has 47 heteroatoms. The lowest BCUT2D eigenvalue weighted by Gasteiger charge is -2.34. The van der Waals surface area contributed by atoms with Crippen LogP contribution in [0.2, 0.25) is 0 Å². The smallest absolute Gasteiger partial charge is 0.475 e. The van der Waals surface area contributed by atoms with Gasteiger partial charge >= 0.3 is 36.4 Å². The zero-order valence-electron chi connectivity index (χ0n) is 65.0. The molecule has 652 valence electrons. The zero-order chi connectivity index (χ0) is 89.2. The Morgan fingerprint density at radius 1 is 0.612 bits per heavy atom. The Morgan fingerprint density at radius 3 is 1.58 bits per heavy atom. The van der Waals surface area contributed by atoms with E-state index in [1.807, 2.05) is 10.6 Å². The van der Waals surface area contributed by atoms with Crippen molar-refractivity contribution < 1.29 is 142 Å². The molecule has 2 aromatic carbocycles. The first-order valence-corrected chi connectivity index (χ1v) is 37.3. The second-order valence-electron chi connectivity index (χ2n) is 28.0. The van der Waals surface area contributed by atoms with Crippen molar-refractivity contribution in [2.24, 2.45) is 57.5 Å². The number of aliphatic hydroxyl groups excluding tert-OH is 3. The molecular weight excluding hydrogens is 1580 g/mol. The van der Waals surface area contributed by atoms with Crippen LogP contribution in [0.1, 0.15) is 126 Å². The third kappa shape index (κ3) is 36.6. The molecule has 0 aliphatic carbocycles. The number of primary amides is 1. The van der Waals surface area contributed by atoms with Crippen molar-refractivity contribution in [3.05, 3.63) is 66.2 Å². The number of cyclic esters (lactones) is 1. The van der Waals surface area contributed by atoms with Gasteiger partial charge in [-0.15, -0.1) is 0 Å². The number of benzene rings is 2. The Balaban J connectivity index is 0.00000437. The lowest BCUT2D eigenvalue weighted by atomic mass is 9.95. The van der Waals surface area contributed by atoms with Crippen LogP contribution in [0, 0.1) is 29.6 Å². The molecule has 1 fully saturated rings. The predicted molar refractivity (Wildman–Crippen MR) is 395 cm³/mol. The molecule has 0 spiro atoms. The molecule has 0 aromatic heterocycles. The van der Waals surface area contributed by atoms with Crippen LogP contribution in [0.4, 0.5) is 31.1 Å². The number of carboxylic acid groups (broad SMARTS) is 2. The van der Waals surface area contributed by atoms with Crippen molar-refractivity contribution in [1.29, 1.82) is 0 Å². The highest BCUT2D eigenvalue weighted by atomic mass is 32.2. The first-order chi connectivity index (χ1) is 53.6. The van der Waals surface area contributed by atoms with E-state index in [4.69, 9.17) is 52.2 Å². The number of nitrogens with one attached hydrogen (secondary N) is 11. The summed E-state index contributed by atoms with van der Waals surface area (Å²) in [4.78, 5) is 208. The molecule has 0 unspecified atom stereocenters. The number of rotatable bonds is 26. The molecule has 116 heavy (non-hydrogen) atoms. The van der Waals surface area contributed by atoms with Crippen molar-refractivity contribution in [1.82, 2.24) is 57.9 Å². The van der Waals surface area contributed by atoms with Gasteiger partial charge in [0.05, 0.1) is 29.7 Å². The molecule has 24 N–H and O–H groups in total. The SMILES string of the molecule is CC[C@H](C)[C@@H]1NC(=O)[C@@H](CCCN=C(N)N)NC(=O)[C@H](CC(C)C)NC(=O)[C@H]([C@H](O)C(C)C)NC(=O)[C@@H](NC(=O)[C@H](CC(C)C)NC(=O)[C@H](N)CC(C)C)[C@@H](c2ccccc2)OC(=O)[C@H](COC(=O)NS(=O)(=O)c2ccccc2)NC(=O)[C@H]([C@H](O)C(N)=O)NC(=O)CNC(=O)[C@H]([C@H](C)O)NC1=O.O=C(O)C(F)(F)F.O=C(O)C(F)(F)F. The minimum atomic E-state index is -5.08. The van der Waals surface area contributed by atoms with Crippen LogP contribution in [0.5, 0.6) is 0 Å². The van der Waals surface area contributed by atoms with Gasteiger partial charge in [0.15, 0.2) is 24.2 Å². The fourth-order valence-corrected chi connectivity index (χ4v) is 11.1. The summed E-state index contributed by atoms with van der Waals surface area (Å²) in [6, 6.07) is -5.86. The molecular formula is C69H104F6N16O24S. The van der Waals surface area contributed by atoms with Crippen molar-refractivity contribution in [3.8, 4) is 0 Å². The Bertz CT molecular complexity index is 3800. The molecule has 12 amide bonds. The Labute approximate surface area is 662 Å². The molecule has 1 aliphatic rings. The van der Waals surface area contributed by atoms with Crippen LogP contribution in [0.3, 0.4) is 0 Å². The highest BCUT2D eigenvalue weighted by Crippen LogP contribution is 2.26. The zero-order valence-corrected chi connectivity index (χ0v) is 65.8. The number of hydrogen-bond donors (Lipinski definition) is 20. The number of nitrogens with zero attached hydrogens (tertiary/aromatic N) is 1. The number of halogens is 6. The quantitative estimate of drug-likeness (QED) is 0.0146. The second-order valence-corrected chi connectivity index (χ2v) is 29.7. The average Bonchev–Trinajstić information content (AvgIpc) is 0.814. The van der Waals surface area contributed by atoms with E-state index in [0.29, 0.717) is 0 Å². The normalized spacial score (nSPS) is 21.8. The summed E-state index contributed by atoms with van der Waals surface area (Å²) < 4.78 is 103. The van der Waals surface area contributed by atoms with E-state index in [1.54, 1.807) is 60.1 Å². The third-order valence-corrected chi connectivity index (χ3v) is 17.7. The van der Waals surface area contributed by atoms with E-state index < -0.39 is 238 Å². The molecule has 3 rings (SSSR count). The minimum Gasteiger partial charge on any atom is -0.475 e. The molecule has 40 nitrogen and oxygen atoms in total. The molecule has 1 saturated heterocycles. The van der Waals surface area contributed by atoms with E-state index in [0.717, 1.165) is 19.1 Å². The number of carboxylic acids is 2. The van der Waals surface area contributed by atoms with Gasteiger partial charge in [0.2, 0.25) is 65.0 Å². The van der Waals surface area contributed by atoms with Crippen LogP contribution in [-0.4, -0.2) is 240 Å². The largest absolute Gasteiger partial charge is 0.490 e. The number of aliphatic hydroxyl groups is 3. The Morgan fingerprint density at radius 2 is 1.09 bits per heavy atom. The second kappa shape index (κ2) is 48.3. The number of ether oxygens (including phenoxy) is 2. The monoisotopic (exact) mass is 1690 g/mol. The van der Waals surface area contributed by atoms with E-state index in [9.17, 15) is 93.2 Å². The number of carbonyl (C=O) groups is 15. The Kier molecular flexibility index (Phi) is 42.9. The maximum absolute atomic E-state index is 15.7. The maximum atomic E-state index is 15.7. The van der Waals surface area contributed by atoms with Gasteiger partial charge in [0.1, 0.15) is 54.9 Å². The summed E-state index contributed by atoms with van der Waals surface area (Å²) >= 11 is 0. The van der Waals surface area contributed by atoms with Gasteiger partial charge in [0, 0.05) is 6.54 Å². The number of alkyl halides is 6. The highest BCUT2D eigenvalue weighted by molar-refractivity contribution is 7.90. The number of aliphatic carboxylic acids is 2. The predicted octanol–water partition coefficient (Wildman–Crippen LogP) is -3.05. The van der Waals surface area contributed by atoms with Gasteiger partial charge in [-0.25, -0.2) is 32.3 Å². The van der Waals surface area contributed by atoms with Gasteiger partial charge in [-0.05, 0) is 86.3 Å². The van der Waals surface area contributed by atoms with Crippen LogP contribution in [0.25, 0.3) is 0 Å². The molecule has 0 saturated carbocycles.